The summed E-state index contributed by atoms with van der Waals surface area (Å²) in [5, 5.41) is 2.25. The molecule has 2 heterocycles. The second-order valence-electron chi connectivity index (χ2n) is 5.43. The summed E-state index contributed by atoms with van der Waals surface area (Å²) in [4.78, 5) is 32.9. The number of para-hydroxylation sites is 1. The minimum Gasteiger partial charge on any atom is -0.346 e. The van der Waals surface area contributed by atoms with Gasteiger partial charge in [-0.3, -0.25) is 14.2 Å². The first kappa shape index (κ1) is 18.9. The molecule has 27 heavy (non-hydrogen) atoms. The van der Waals surface area contributed by atoms with Crippen LogP contribution in [-0.2, 0) is 4.79 Å². The number of hydrogen-bond donors (Lipinski definition) is 1. The zero-order valence-corrected chi connectivity index (χ0v) is 14.5. The Labute approximate surface area is 155 Å². The molecule has 0 unspecified atom stereocenters. The van der Waals surface area contributed by atoms with Gasteiger partial charge in [0.1, 0.15) is 6.54 Å². The van der Waals surface area contributed by atoms with Gasteiger partial charge in [0.2, 0.25) is 5.91 Å². The maximum absolute atomic E-state index is 12.9. The van der Waals surface area contributed by atoms with Gasteiger partial charge < -0.3 is 5.32 Å². The van der Waals surface area contributed by atoms with Crippen LogP contribution in [0.1, 0.15) is 0 Å². The third kappa shape index (κ3) is 4.64. The van der Waals surface area contributed by atoms with Crippen LogP contribution >= 0.6 is 11.8 Å². The van der Waals surface area contributed by atoms with Crippen molar-refractivity contribution in [2.75, 3.05) is 12.3 Å². The molecule has 6 nitrogen and oxygen atoms in total. The Bertz CT molecular complexity index is 1020. The lowest BCUT2D eigenvalue weighted by molar-refractivity contribution is -0.136. The number of aromatic nitrogens is 3. The van der Waals surface area contributed by atoms with Crippen molar-refractivity contribution in [3.05, 3.63) is 59.0 Å². The van der Waals surface area contributed by atoms with Crippen molar-refractivity contribution in [2.45, 2.75) is 11.3 Å². The lowest BCUT2D eigenvalue weighted by atomic mass is 10.3. The van der Waals surface area contributed by atoms with Crippen molar-refractivity contribution >= 4 is 28.7 Å². The fourth-order valence-corrected chi connectivity index (χ4v) is 3.11. The summed E-state index contributed by atoms with van der Waals surface area (Å²) in [7, 11) is 0. The third-order valence-corrected chi connectivity index (χ3v) is 4.38. The quantitative estimate of drug-likeness (QED) is 0.532. The van der Waals surface area contributed by atoms with Gasteiger partial charge in [0, 0.05) is 6.20 Å². The Hall–Kier alpha value is -2.88. The van der Waals surface area contributed by atoms with E-state index in [-0.39, 0.29) is 22.1 Å². The van der Waals surface area contributed by atoms with Crippen molar-refractivity contribution in [2.24, 2.45) is 0 Å². The predicted molar refractivity (Wildman–Crippen MR) is 94.9 cm³/mol. The van der Waals surface area contributed by atoms with E-state index in [0.29, 0.717) is 11.1 Å². The number of hydrogen-bond acceptors (Lipinski definition) is 5. The molecule has 1 aromatic carbocycles. The summed E-state index contributed by atoms with van der Waals surface area (Å²) < 4.78 is 37.9. The number of fused-ring (bicyclic) bond motifs is 1. The van der Waals surface area contributed by atoms with E-state index in [0.717, 1.165) is 11.8 Å². The van der Waals surface area contributed by atoms with Gasteiger partial charge >= 0.3 is 6.18 Å². The Morgan fingerprint density at radius 3 is 2.59 bits per heavy atom. The molecule has 0 radical (unpaired) electrons. The summed E-state index contributed by atoms with van der Waals surface area (Å²) >= 11 is 0.862. The van der Waals surface area contributed by atoms with Crippen LogP contribution in [0.3, 0.4) is 0 Å². The van der Waals surface area contributed by atoms with Crippen LogP contribution in [0.4, 0.5) is 13.2 Å². The number of thioether (sulfide) groups is 1. The molecular weight excluding hydrogens is 381 g/mol. The summed E-state index contributed by atoms with van der Waals surface area (Å²) in [5.74, 6) is -1.14. The van der Waals surface area contributed by atoms with E-state index < -0.39 is 18.6 Å². The standard InChI is InChI=1S/C17H13F3N4O2S/c18-17(19,20)10-22-13(25)9-27-16-23-14-12(7-4-8-21-14)15(26)24(16)11-5-2-1-3-6-11/h1-8H,9-10H2,(H,22,25). The number of carbonyl (C=O) groups excluding carboxylic acids is 1. The zero-order chi connectivity index (χ0) is 19.4. The maximum atomic E-state index is 12.9. The fraction of sp³-hybridized carbons (Fsp3) is 0.176. The number of carbonyl (C=O) groups is 1. The summed E-state index contributed by atoms with van der Waals surface area (Å²) in [5.41, 5.74) is 0.351. The van der Waals surface area contributed by atoms with Crippen molar-refractivity contribution < 1.29 is 18.0 Å². The molecule has 10 heteroatoms. The number of amides is 1. The van der Waals surface area contributed by atoms with E-state index in [4.69, 9.17) is 0 Å². The van der Waals surface area contributed by atoms with E-state index in [1.54, 1.807) is 47.8 Å². The van der Waals surface area contributed by atoms with Gasteiger partial charge in [-0.1, -0.05) is 30.0 Å². The van der Waals surface area contributed by atoms with E-state index >= 15 is 0 Å². The third-order valence-electron chi connectivity index (χ3n) is 3.45. The molecule has 1 N–H and O–H groups in total. The molecule has 0 aliphatic rings. The smallest absolute Gasteiger partial charge is 0.346 e. The minimum atomic E-state index is -4.49. The molecule has 0 saturated heterocycles. The topological polar surface area (TPSA) is 76.9 Å². The Morgan fingerprint density at radius 2 is 1.89 bits per heavy atom. The highest BCUT2D eigenvalue weighted by Gasteiger charge is 2.27. The van der Waals surface area contributed by atoms with Gasteiger partial charge in [-0.15, -0.1) is 0 Å². The number of nitrogens with zero attached hydrogens (tertiary/aromatic N) is 3. The number of benzene rings is 1. The van der Waals surface area contributed by atoms with E-state index in [1.807, 2.05) is 0 Å². The average molecular weight is 394 g/mol. The van der Waals surface area contributed by atoms with E-state index in [1.165, 1.54) is 10.8 Å². The molecule has 0 saturated carbocycles. The van der Waals surface area contributed by atoms with E-state index in [9.17, 15) is 22.8 Å². The lowest BCUT2D eigenvalue weighted by Gasteiger charge is -2.13. The number of pyridine rings is 1. The van der Waals surface area contributed by atoms with Crippen LogP contribution < -0.4 is 10.9 Å². The van der Waals surface area contributed by atoms with Crippen LogP contribution in [0.25, 0.3) is 16.7 Å². The summed E-state index contributed by atoms with van der Waals surface area (Å²) in [6.45, 7) is -1.41. The van der Waals surface area contributed by atoms with Gasteiger partial charge in [0.05, 0.1) is 16.8 Å². The van der Waals surface area contributed by atoms with Crippen LogP contribution in [0.15, 0.2) is 58.6 Å². The number of halogens is 3. The minimum absolute atomic E-state index is 0.166. The molecule has 0 spiro atoms. The van der Waals surface area contributed by atoms with Gasteiger partial charge in [-0.25, -0.2) is 9.97 Å². The fourth-order valence-electron chi connectivity index (χ4n) is 2.28. The molecule has 3 aromatic rings. The first-order chi connectivity index (χ1) is 12.8. The molecule has 0 fully saturated rings. The van der Waals surface area contributed by atoms with Crippen LogP contribution in [0.5, 0.6) is 0 Å². The SMILES string of the molecule is O=C(CSc1nc2ncccc2c(=O)n1-c1ccccc1)NCC(F)(F)F. The van der Waals surface area contributed by atoms with Crippen LogP contribution in [0.2, 0.25) is 0 Å². The molecule has 0 atom stereocenters. The van der Waals surface area contributed by atoms with Crippen molar-refractivity contribution in [1.82, 2.24) is 19.9 Å². The zero-order valence-electron chi connectivity index (χ0n) is 13.7. The summed E-state index contributed by atoms with van der Waals surface area (Å²) in [6, 6.07) is 11.8. The number of rotatable bonds is 5. The average Bonchev–Trinajstić information content (AvgIpc) is 2.65. The maximum Gasteiger partial charge on any atom is 0.405 e. The highest BCUT2D eigenvalue weighted by atomic mass is 32.2. The van der Waals surface area contributed by atoms with Gasteiger partial charge in [0.15, 0.2) is 10.8 Å². The van der Waals surface area contributed by atoms with Crippen LogP contribution in [-0.4, -0.2) is 38.9 Å². The summed E-state index contributed by atoms with van der Waals surface area (Å²) in [6.07, 6.45) is -3.01. The highest BCUT2D eigenvalue weighted by Crippen LogP contribution is 2.20. The monoisotopic (exact) mass is 394 g/mol. The Morgan fingerprint density at radius 1 is 1.15 bits per heavy atom. The first-order valence-corrected chi connectivity index (χ1v) is 8.73. The lowest BCUT2D eigenvalue weighted by Crippen LogP contribution is -2.35. The Balaban J connectivity index is 1.94. The van der Waals surface area contributed by atoms with Crippen molar-refractivity contribution in [3.63, 3.8) is 0 Å². The van der Waals surface area contributed by atoms with Gasteiger partial charge in [0.25, 0.3) is 5.56 Å². The normalized spacial score (nSPS) is 11.5. The van der Waals surface area contributed by atoms with Gasteiger partial charge in [-0.2, -0.15) is 13.2 Å². The Kier molecular flexibility index (Phi) is 5.45. The molecule has 2 aromatic heterocycles. The largest absolute Gasteiger partial charge is 0.405 e. The van der Waals surface area contributed by atoms with Crippen molar-refractivity contribution in [3.8, 4) is 5.69 Å². The number of alkyl halides is 3. The first-order valence-electron chi connectivity index (χ1n) is 7.74. The molecular formula is C17H13F3N4O2S. The molecule has 0 aliphatic carbocycles. The molecule has 140 valence electrons. The van der Waals surface area contributed by atoms with Crippen LogP contribution in [0, 0.1) is 0 Å². The molecule has 3 rings (SSSR count). The van der Waals surface area contributed by atoms with Crippen molar-refractivity contribution in [1.29, 1.82) is 0 Å². The van der Waals surface area contributed by atoms with E-state index in [2.05, 4.69) is 9.97 Å². The molecule has 0 aliphatic heterocycles. The van der Waals surface area contributed by atoms with Gasteiger partial charge in [-0.05, 0) is 24.3 Å². The second-order valence-corrected chi connectivity index (χ2v) is 6.37. The highest BCUT2D eigenvalue weighted by molar-refractivity contribution is 7.99. The number of nitrogens with one attached hydrogen (secondary N) is 1. The predicted octanol–water partition coefficient (Wildman–Crippen LogP) is 2.55. The molecule has 0 bridgehead atoms. The second kappa shape index (κ2) is 7.78. The molecule has 1 amide bonds.